The minimum atomic E-state index is -0.488. The van der Waals surface area contributed by atoms with E-state index in [1.54, 1.807) is 18.4 Å². The van der Waals surface area contributed by atoms with Gasteiger partial charge in [-0.1, -0.05) is 0 Å². The lowest BCUT2D eigenvalue weighted by atomic mass is 10.0. The standard InChI is InChI=1S/C14H20N4O3/c19-13(9-18-7-10-4-15-5-11(10)8-18)17-14(20)16-6-12-2-1-3-21-12/h1-3,10-11,15H,4-9H2,(H2,16,17,19,20)/t10-,11+. The molecule has 7 heteroatoms. The third kappa shape index (κ3) is 3.62. The summed E-state index contributed by atoms with van der Waals surface area (Å²) >= 11 is 0. The number of carbonyl (C=O) groups excluding carboxylic acids is 2. The Morgan fingerprint density at radius 1 is 1.33 bits per heavy atom. The first kappa shape index (κ1) is 14.1. The van der Waals surface area contributed by atoms with Crippen molar-refractivity contribution in [2.45, 2.75) is 6.54 Å². The van der Waals surface area contributed by atoms with E-state index < -0.39 is 6.03 Å². The summed E-state index contributed by atoms with van der Waals surface area (Å²) in [5.74, 6) is 1.67. The molecule has 0 saturated carbocycles. The lowest BCUT2D eigenvalue weighted by Crippen LogP contribution is -2.44. The predicted octanol–water partition coefficient (Wildman–Crippen LogP) is -0.243. The molecule has 2 atom stereocenters. The number of fused-ring (bicyclic) bond motifs is 1. The van der Waals surface area contributed by atoms with E-state index in [9.17, 15) is 9.59 Å². The second kappa shape index (κ2) is 6.28. The van der Waals surface area contributed by atoms with Crippen LogP contribution in [-0.4, -0.2) is 49.6 Å². The van der Waals surface area contributed by atoms with Gasteiger partial charge >= 0.3 is 6.03 Å². The van der Waals surface area contributed by atoms with Crippen LogP contribution < -0.4 is 16.0 Å². The lowest BCUT2D eigenvalue weighted by molar-refractivity contribution is -0.121. The number of imide groups is 1. The topological polar surface area (TPSA) is 86.6 Å². The molecule has 2 saturated heterocycles. The number of likely N-dealkylation sites (tertiary alicyclic amines) is 1. The molecule has 0 unspecified atom stereocenters. The molecule has 3 N–H and O–H groups in total. The molecule has 3 amide bonds. The number of nitrogens with zero attached hydrogens (tertiary/aromatic N) is 1. The van der Waals surface area contributed by atoms with E-state index in [0.717, 1.165) is 26.2 Å². The molecule has 114 valence electrons. The molecule has 2 fully saturated rings. The van der Waals surface area contributed by atoms with Crippen molar-refractivity contribution in [2.75, 3.05) is 32.7 Å². The summed E-state index contributed by atoms with van der Waals surface area (Å²) in [6, 6.07) is 3.02. The number of hydrogen-bond acceptors (Lipinski definition) is 5. The van der Waals surface area contributed by atoms with Gasteiger partial charge in [-0.15, -0.1) is 0 Å². The van der Waals surface area contributed by atoms with Crippen molar-refractivity contribution in [2.24, 2.45) is 11.8 Å². The van der Waals surface area contributed by atoms with Crippen molar-refractivity contribution < 1.29 is 14.0 Å². The zero-order valence-electron chi connectivity index (χ0n) is 11.8. The highest BCUT2D eigenvalue weighted by Crippen LogP contribution is 2.25. The summed E-state index contributed by atoms with van der Waals surface area (Å²) in [4.78, 5) is 25.6. The monoisotopic (exact) mass is 292 g/mol. The average Bonchev–Trinajstić information content (AvgIpc) is 3.12. The molecule has 0 radical (unpaired) electrons. The highest BCUT2D eigenvalue weighted by Gasteiger charge is 2.36. The van der Waals surface area contributed by atoms with Gasteiger partial charge in [-0.25, -0.2) is 4.79 Å². The van der Waals surface area contributed by atoms with Gasteiger partial charge in [-0.05, 0) is 37.1 Å². The number of carbonyl (C=O) groups is 2. The van der Waals surface area contributed by atoms with E-state index in [4.69, 9.17) is 4.42 Å². The van der Waals surface area contributed by atoms with Gasteiger partial charge in [0.2, 0.25) is 5.91 Å². The first-order valence-corrected chi connectivity index (χ1v) is 7.24. The molecule has 1 aromatic heterocycles. The van der Waals surface area contributed by atoms with Crippen LogP contribution in [0.1, 0.15) is 5.76 Å². The number of rotatable bonds is 4. The van der Waals surface area contributed by atoms with Crippen molar-refractivity contribution in [1.29, 1.82) is 0 Å². The maximum absolute atomic E-state index is 11.8. The third-order valence-corrected chi connectivity index (χ3v) is 4.09. The lowest BCUT2D eigenvalue weighted by Gasteiger charge is -2.16. The van der Waals surface area contributed by atoms with Crippen molar-refractivity contribution in [3.63, 3.8) is 0 Å². The maximum Gasteiger partial charge on any atom is 0.321 e. The highest BCUT2D eigenvalue weighted by molar-refractivity contribution is 5.95. The largest absolute Gasteiger partial charge is 0.467 e. The molecule has 0 aliphatic carbocycles. The molecule has 7 nitrogen and oxygen atoms in total. The Hall–Kier alpha value is -1.86. The summed E-state index contributed by atoms with van der Waals surface area (Å²) in [7, 11) is 0. The Bertz CT molecular complexity index is 490. The fourth-order valence-electron chi connectivity index (χ4n) is 3.08. The van der Waals surface area contributed by atoms with Gasteiger partial charge in [0.05, 0.1) is 19.4 Å². The first-order valence-electron chi connectivity index (χ1n) is 7.24. The zero-order chi connectivity index (χ0) is 14.7. The Morgan fingerprint density at radius 2 is 2.10 bits per heavy atom. The highest BCUT2D eigenvalue weighted by atomic mass is 16.3. The number of nitrogens with one attached hydrogen (secondary N) is 3. The maximum atomic E-state index is 11.8. The number of furan rings is 1. The molecule has 21 heavy (non-hydrogen) atoms. The predicted molar refractivity (Wildman–Crippen MR) is 75.4 cm³/mol. The van der Waals surface area contributed by atoms with E-state index in [-0.39, 0.29) is 19.0 Å². The summed E-state index contributed by atoms with van der Waals surface area (Å²) in [6.07, 6.45) is 1.54. The summed E-state index contributed by atoms with van der Waals surface area (Å²) in [5.41, 5.74) is 0. The van der Waals surface area contributed by atoms with Crippen LogP contribution in [0.4, 0.5) is 4.79 Å². The zero-order valence-corrected chi connectivity index (χ0v) is 11.8. The van der Waals surface area contributed by atoms with Crippen LogP contribution in [0.5, 0.6) is 0 Å². The molecule has 3 heterocycles. The van der Waals surface area contributed by atoms with Gasteiger partial charge in [0.25, 0.3) is 0 Å². The van der Waals surface area contributed by atoms with Gasteiger partial charge in [0.15, 0.2) is 0 Å². The molecular formula is C14H20N4O3. The van der Waals surface area contributed by atoms with Crippen LogP contribution in [0.15, 0.2) is 22.8 Å². The minimum absolute atomic E-state index is 0.264. The van der Waals surface area contributed by atoms with Gasteiger partial charge in [-0.3, -0.25) is 15.0 Å². The molecule has 2 aliphatic rings. The van der Waals surface area contributed by atoms with Crippen molar-refractivity contribution in [3.05, 3.63) is 24.2 Å². The Labute approximate surface area is 123 Å². The molecule has 0 spiro atoms. The van der Waals surface area contributed by atoms with Crippen LogP contribution in [0.25, 0.3) is 0 Å². The van der Waals surface area contributed by atoms with Crippen LogP contribution >= 0.6 is 0 Å². The van der Waals surface area contributed by atoms with Gasteiger partial charge in [0, 0.05) is 13.1 Å². The molecule has 1 aromatic rings. The van der Waals surface area contributed by atoms with Crippen LogP contribution in [0.3, 0.4) is 0 Å². The van der Waals surface area contributed by atoms with E-state index in [2.05, 4.69) is 20.9 Å². The number of hydrogen-bond donors (Lipinski definition) is 3. The van der Waals surface area contributed by atoms with Gasteiger partial charge < -0.3 is 15.1 Å². The fraction of sp³-hybridized carbons (Fsp3) is 0.571. The van der Waals surface area contributed by atoms with Crippen molar-refractivity contribution in [3.8, 4) is 0 Å². The summed E-state index contributed by atoms with van der Waals surface area (Å²) in [5, 5.41) is 8.29. The molecule has 0 aromatic carbocycles. The van der Waals surface area contributed by atoms with E-state index in [1.807, 2.05) is 0 Å². The van der Waals surface area contributed by atoms with E-state index >= 15 is 0 Å². The minimum Gasteiger partial charge on any atom is -0.467 e. The Morgan fingerprint density at radius 3 is 2.76 bits per heavy atom. The number of urea groups is 1. The quantitative estimate of drug-likeness (QED) is 0.713. The molecule has 3 rings (SSSR count). The smallest absolute Gasteiger partial charge is 0.321 e. The SMILES string of the molecule is O=C(CN1C[C@H]2CNC[C@H]2C1)NC(=O)NCc1ccco1. The summed E-state index contributed by atoms with van der Waals surface area (Å²) in [6.45, 7) is 4.48. The van der Waals surface area contributed by atoms with Crippen LogP contribution in [0.2, 0.25) is 0 Å². The second-order valence-electron chi connectivity index (χ2n) is 5.68. The first-order chi connectivity index (χ1) is 10.2. The van der Waals surface area contributed by atoms with Crippen LogP contribution in [-0.2, 0) is 11.3 Å². The Kier molecular flexibility index (Phi) is 4.21. The number of amides is 3. The third-order valence-electron chi connectivity index (χ3n) is 4.09. The Balaban J connectivity index is 1.37. The average molecular weight is 292 g/mol. The van der Waals surface area contributed by atoms with Crippen molar-refractivity contribution in [1.82, 2.24) is 20.9 Å². The molecule has 0 bridgehead atoms. The second-order valence-corrected chi connectivity index (χ2v) is 5.68. The van der Waals surface area contributed by atoms with Gasteiger partial charge in [-0.2, -0.15) is 0 Å². The summed E-state index contributed by atoms with van der Waals surface area (Å²) < 4.78 is 5.10. The van der Waals surface area contributed by atoms with Gasteiger partial charge in [0.1, 0.15) is 5.76 Å². The van der Waals surface area contributed by atoms with Crippen LogP contribution in [0, 0.1) is 11.8 Å². The fourth-order valence-corrected chi connectivity index (χ4v) is 3.08. The van der Waals surface area contributed by atoms with E-state index in [0.29, 0.717) is 17.6 Å². The normalized spacial score (nSPS) is 24.8. The molecule has 2 aliphatic heterocycles. The molecular weight excluding hydrogens is 272 g/mol. The van der Waals surface area contributed by atoms with Crippen molar-refractivity contribution >= 4 is 11.9 Å². The van der Waals surface area contributed by atoms with E-state index in [1.165, 1.54) is 0 Å².